The van der Waals surface area contributed by atoms with Gasteiger partial charge in [0, 0.05) is 12.7 Å². The van der Waals surface area contributed by atoms with Gasteiger partial charge in [-0.1, -0.05) is 18.2 Å². The van der Waals surface area contributed by atoms with Crippen LogP contribution < -0.4 is 4.90 Å². The first-order valence-corrected chi connectivity index (χ1v) is 6.91. The maximum atomic E-state index is 4.50. The van der Waals surface area contributed by atoms with Crippen LogP contribution in [0.25, 0.3) is 5.65 Å². The molecular weight excluding hydrogens is 353 g/mol. The summed E-state index contributed by atoms with van der Waals surface area (Å²) < 4.78 is 2.78. The van der Waals surface area contributed by atoms with Crippen LogP contribution in [0.1, 0.15) is 5.82 Å². The van der Waals surface area contributed by atoms with Gasteiger partial charge < -0.3 is 4.90 Å². The van der Waals surface area contributed by atoms with Crippen molar-refractivity contribution in [2.75, 3.05) is 11.9 Å². The zero-order valence-corrected chi connectivity index (χ0v) is 12.7. The van der Waals surface area contributed by atoms with Crippen molar-refractivity contribution in [3.63, 3.8) is 0 Å². The highest BCUT2D eigenvalue weighted by molar-refractivity contribution is 14.1. The molecule has 0 atom stereocenters. The number of aryl methyl sites for hydroxylation is 1. The van der Waals surface area contributed by atoms with Crippen molar-refractivity contribution in [2.45, 2.75) is 6.92 Å². The number of rotatable bonds is 2. The summed E-state index contributed by atoms with van der Waals surface area (Å²) in [6.07, 6.45) is 1.80. The molecule has 3 rings (SSSR count). The zero-order chi connectivity index (χ0) is 13.4. The van der Waals surface area contributed by atoms with Crippen LogP contribution in [0.5, 0.6) is 0 Å². The Bertz CT molecular complexity index is 722. The predicted molar refractivity (Wildman–Crippen MR) is 82.7 cm³/mol. The number of halogens is 1. The minimum atomic E-state index is 0.740. The van der Waals surface area contributed by atoms with E-state index in [2.05, 4.69) is 37.7 Å². The molecule has 0 radical (unpaired) electrons. The Labute approximate surface area is 124 Å². The lowest BCUT2D eigenvalue weighted by molar-refractivity contribution is 0.846. The SMILES string of the molecule is Cc1nc(N(C)c2ccccc2)n2ncc(I)c2n1. The van der Waals surface area contributed by atoms with Gasteiger partial charge in [0.2, 0.25) is 5.95 Å². The van der Waals surface area contributed by atoms with Gasteiger partial charge in [-0.25, -0.2) is 4.98 Å². The lowest BCUT2D eigenvalue weighted by atomic mass is 10.3. The van der Waals surface area contributed by atoms with Crippen molar-refractivity contribution in [1.29, 1.82) is 0 Å². The molecule has 3 aromatic rings. The second-order valence-electron chi connectivity index (χ2n) is 4.19. The zero-order valence-electron chi connectivity index (χ0n) is 10.6. The largest absolute Gasteiger partial charge is 0.313 e. The maximum absolute atomic E-state index is 4.50. The van der Waals surface area contributed by atoms with Gasteiger partial charge in [-0.05, 0) is 41.6 Å². The lowest BCUT2D eigenvalue weighted by Crippen LogP contribution is -2.17. The maximum Gasteiger partial charge on any atom is 0.234 e. The standard InChI is InChI=1S/C13H12IN5/c1-9-16-12-11(14)8-15-19(12)13(17-9)18(2)10-6-4-3-5-7-10/h3-8H,1-2H3. The van der Waals surface area contributed by atoms with Gasteiger partial charge in [0.1, 0.15) is 5.82 Å². The molecule has 0 spiro atoms. The summed E-state index contributed by atoms with van der Waals surface area (Å²) in [6.45, 7) is 1.89. The molecule has 0 amide bonds. The Morgan fingerprint density at radius 3 is 2.63 bits per heavy atom. The molecule has 19 heavy (non-hydrogen) atoms. The topological polar surface area (TPSA) is 46.3 Å². The number of anilines is 2. The number of aromatic nitrogens is 4. The number of fused-ring (bicyclic) bond motifs is 1. The summed E-state index contributed by atoms with van der Waals surface area (Å²) in [4.78, 5) is 10.9. The Balaban J connectivity index is 2.20. The van der Waals surface area contributed by atoms with Crippen LogP contribution in [0.3, 0.4) is 0 Å². The molecular formula is C13H12IN5. The minimum Gasteiger partial charge on any atom is -0.313 e. The molecule has 0 fully saturated rings. The van der Waals surface area contributed by atoms with E-state index in [-0.39, 0.29) is 0 Å². The first-order chi connectivity index (χ1) is 9.16. The van der Waals surface area contributed by atoms with Gasteiger partial charge >= 0.3 is 0 Å². The second kappa shape index (κ2) is 4.76. The molecule has 96 valence electrons. The molecule has 0 aliphatic rings. The van der Waals surface area contributed by atoms with Gasteiger partial charge in [-0.3, -0.25) is 0 Å². The fourth-order valence-corrected chi connectivity index (χ4v) is 2.40. The minimum absolute atomic E-state index is 0.740. The predicted octanol–water partition coefficient (Wildman–Crippen LogP) is 2.81. The van der Waals surface area contributed by atoms with Gasteiger partial charge in [0.25, 0.3) is 0 Å². The van der Waals surface area contributed by atoms with E-state index in [1.165, 1.54) is 0 Å². The average Bonchev–Trinajstić information content (AvgIpc) is 2.80. The summed E-state index contributed by atoms with van der Waals surface area (Å²) >= 11 is 2.23. The van der Waals surface area contributed by atoms with E-state index in [4.69, 9.17) is 0 Å². The molecule has 0 saturated carbocycles. The molecule has 0 aliphatic carbocycles. The molecule has 0 saturated heterocycles. The van der Waals surface area contributed by atoms with E-state index in [1.807, 2.05) is 49.2 Å². The quantitative estimate of drug-likeness (QED) is 0.656. The lowest BCUT2D eigenvalue weighted by Gasteiger charge is -2.18. The van der Waals surface area contributed by atoms with E-state index in [1.54, 1.807) is 10.7 Å². The van der Waals surface area contributed by atoms with Crippen molar-refractivity contribution in [3.8, 4) is 0 Å². The first kappa shape index (κ1) is 12.3. The van der Waals surface area contributed by atoms with Crippen molar-refractivity contribution < 1.29 is 0 Å². The van der Waals surface area contributed by atoms with Crippen LogP contribution in [-0.4, -0.2) is 26.6 Å². The molecule has 0 bridgehead atoms. The number of benzene rings is 1. The molecule has 1 aromatic carbocycles. The highest BCUT2D eigenvalue weighted by atomic mass is 127. The summed E-state index contributed by atoms with van der Waals surface area (Å²) in [5, 5.41) is 4.35. The third-order valence-electron chi connectivity index (χ3n) is 2.86. The normalized spacial score (nSPS) is 10.9. The van der Waals surface area contributed by atoms with Crippen LogP contribution in [0.4, 0.5) is 11.6 Å². The van der Waals surface area contributed by atoms with Crippen molar-refractivity contribution >= 4 is 39.9 Å². The molecule has 0 unspecified atom stereocenters. The molecule has 0 N–H and O–H groups in total. The van der Waals surface area contributed by atoms with Gasteiger partial charge in [-0.2, -0.15) is 14.6 Å². The number of hydrogen-bond donors (Lipinski definition) is 0. The summed E-state index contributed by atoms with van der Waals surface area (Å²) in [7, 11) is 1.98. The van der Waals surface area contributed by atoms with E-state index in [0.717, 1.165) is 26.7 Å². The van der Waals surface area contributed by atoms with Gasteiger partial charge in [-0.15, -0.1) is 0 Å². The van der Waals surface area contributed by atoms with Gasteiger partial charge in [0.15, 0.2) is 5.65 Å². The van der Waals surface area contributed by atoms with Crippen LogP contribution in [0, 0.1) is 10.5 Å². The Kier molecular flexibility index (Phi) is 3.09. The highest BCUT2D eigenvalue weighted by Gasteiger charge is 2.14. The van der Waals surface area contributed by atoms with Crippen LogP contribution >= 0.6 is 22.6 Å². The average molecular weight is 365 g/mol. The fraction of sp³-hybridized carbons (Fsp3) is 0.154. The van der Waals surface area contributed by atoms with Crippen molar-refractivity contribution in [3.05, 3.63) is 45.9 Å². The van der Waals surface area contributed by atoms with Crippen LogP contribution in [-0.2, 0) is 0 Å². The number of nitrogens with zero attached hydrogens (tertiary/aromatic N) is 5. The van der Waals surface area contributed by atoms with E-state index >= 15 is 0 Å². The fourth-order valence-electron chi connectivity index (χ4n) is 1.92. The Hall–Kier alpha value is -1.70. The second-order valence-corrected chi connectivity index (χ2v) is 5.36. The highest BCUT2D eigenvalue weighted by Crippen LogP contribution is 2.23. The molecule has 5 nitrogen and oxygen atoms in total. The molecule has 2 heterocycles. The first-order valence-electron chi connectivity index (χ1n) is 5.83. The van der Waals surface area contributed by atoms with E-state index in [9.17, 15) is 0 Å². The third kappa shape index (κ3) is 2.16. The Morgan fingerprint density at radius 1 is 1.16 bits per heavy atom. The van der Waals surface area contributed by atoms with E-state index in [0.29, 0.717) is 0 Å². The van der Waals surface area contributed by atoms with Crippen molar-refractivity contribution in [1.82, 2.24) is 19.6 Å². The summed E-state index contributed by atoms with van der Waals surface area (Å²) in [5.74, 6) is 1.50. The molecule has 2 aromatic heterocycles. The summed E-state index contributed by atoms with van der Waals surface area (Å²) in [5.41, 5.74) is 1.90. The summed E-state index contributed by atoms with van der Waals surface area (Å²) in [6, 6.07) is 10.1. The monoisotopic (exact) mass is 365 g/mol. The smallest absolute Gasteiger partial charge is 0.234 e. The van der Waals surface area contributed by atoms with Crippen LogP contribution in [0.2, 0.25) is 0 Å². The number of hydrogen-bond acceptors (Lipinski definition) is 4. The van der Waals surface area contributed by atoms with E-state index < -0.39 is 0 Å². The third-order valence-corrected chi connectivity index (χ3v) is 3.62. The van der Waals surface area contributed by atoms with Crippen LogP contribution in [0.15, 0.2) is 36.5 Å². The molecule has 6 heteroatoms. The van der Waals surface area contributed by atoms with Crippen molar-refractivity contribution in [2.24, 2.45) is 0 Å². The van der Waals surface area contributed by atoms with Gasteiger partial charge in [0.05, 0.1) is 9.77 Å². The molecule has 0 aliphatic heterocycles. The number of para-hydroxylation sites is 1. The Morgan fingerprint density at radius 2 is 1.89 bits per heavy atom.